The van der Waals surface area contributed by atoms with E-state index in [1.165, 1.54) is 0 Å². The molecule has 0 aliphatic carbocycles. The quantitative estimate of drug-likeness (QED) is 0.774. The van der Waals surface area contributed by atoms with Crippen LogP contribution in [-0.4, -0.2) is 44.0 Å². The molecule has 2 N–H and O–H groups in total. The molecule has 0 aliphatic rings. The van der Waals surface area contributed by atoms with Crippen LogP contribution in [0.3, 0.4) is 0 Å². The van der Waals surface area contributed by atoms with Crippen molar-refractivity contribution in [3.05, 3.63) is 29.8 Å². The van der Waals surface area contributed by atoms with Crippen LogP contribution >= 0.6 is 0 Å². The van der Waals surface area contributed by atoms with E-state index in [0.29, 0.717) is 12.1 Å². The summed E-state index contributed by atoms with van der Waals surface area (Å²) in [5, 5.41) is 5.96. The van der Waals surface area contributed by atoms with Crippen molar-refractivity contribution < 1.29 is 4.79 Å². The van der Waals surface area contributed by atoms with E-state index in [4.69, 9.17) is 0 Å². The number of hydrogen-bond acceptors (Lipinski definition) is 3. The summed E-state index contributed by atoms with van der Waals surface area (Å²) in [5.74, 6) is -0.00944. The second kappa shape index (κ2) is 7.71. The Balaban J connectivity index is 2.40. The van der Waals surface area contributed by atoms with Crippen LogP contribution in [0.1, 0.15) is 24.2 Å². The molecule has 0 aliphatic heterocycles. The number of amides is 1. The van der Waals surface area contributed by atoms with Gasteiger partial charge < -0.3 is 15.5 Å². The van der Waals surface area contributed by atoms with Gasteiger partial charge >= 0.3 is 0 Å². The van der Waals surface area contributed by atoms with Gasteiger partial charge in [0.2, 0.25) is 0 Å². The van der Waals surface area contributed by atoms with Crippen molar-refractivity contribution in [1.29, 1.82) is 0 Å². The molecule has 0 atom stereocenters. The van der Waals surface area contributed by atoms with Crippen molar-refractivity contribution >= 4 is 11.6 Å². The van der Waals surface area contributed by atoms with Gasteiger partial charge in [-0.25, -0.2) is 0 Å². The van der Waals surface area contributed by atoms with Crippen molar-refractivity contribution in [2.24, 2.45) is 0 Å². The summed E-state index contributed by atoms with van der Waals surface area (Å²) in [5.41, 5.74) is 1.71. The summed E-state index contributed by atoms with van der Waals surface area (Å²) >= 11 is 0. The summed E-state index contributed by atoms with van der Waals surface area (Å²) in [6.07, 6.45) is 0. The highest BCUT2D eigenvalue weighted by molar-refractivity contribution is 5.94. The van der Waals surface area contributed by atoms with E-state index in [2.05, 4.69) is 29.4 Å². The third kappa shape index (κ3) is 4.37. The average Bonchev–Trinajstić information content (AvgIpc) is 2.43. The lowest BCUT2D eigenvalue weighted by atomic mass is 10.2. The fourth-order valence-corrected chi connectivity index (χ4v) is 1.76. The molecule has 0 aromatic heterocycles. The first kappa shape index (κ1) is 14.5. The number of anilines is 1. The molecule has 0 saturated carbocycles. The monoisotopic (exact) mass is 249 g/mol. The molecule has 0 radical (unpaired) electrons. The van der Waals surface area contributed by atoms with Crippen LogP contribution in [0.4, 0.5) is 5.69 Å². The number of benzene rings is 1. The Hall–Kier alpha value is -1.55. The molecule has 4 nitrogen and oxygen atoms in total. The van der Waals surface area contributed by atoms with Gasteiger partial charge in [-0.05, 0) is 37.4 Å². The normalized spacial score (nSPS) is 10.4. The predicted molar refractivity (Wildman–Crippen MR) is 76.1 cm³/mol. The molecule has 1 rings (SSSR count). The van der Waals surface area contributed by atoms with E-state index in [-0.39, 0.29) is 5.91 Å². The first-order valence-corrected chi connectivity index (χ1v) is 6.49. The smallest absolute Gasteiger partial charge is 0.251 e. The van der Waals surface area contributed by atoms with Gasteiger partial charge in [0.05, 0.1) is 0 Å². The zero-order valence-corrected chi connectivity index (χ0v) is 11.5. The van der Waals surface area contributed by atoms with Crippen molar-refractivity contribution in [2.75, 3.05) is 38.5 Å². The van der Waals surface area contributed by atoms with E-state index in [9.17, 15) is 4.79 Å². The van der Waals surface area contributed by atoms with E-state index in [0.717, 1.165) is 25.3 Å². The summed E-state index contributed by atoms with van der Waals surface area (Å²) in [4.78, 5) is 14.1. The second-order valence-corrected chi connectivity index (χ2v) is 4.11. The lowest BCUT2D eigenvalue weighted by Gasteiger charge is -2.17. The maximum absolute atomic E-state index is 11.9. The number of likely N-dealkylation sites (N-methyl/N-ethyl adjacent to an activating group) is 1. The van der Waals surface area contributed by atoms with Gasteiger partial charge in [-0.15, -0.1) is 0 Å². The predicted octanol–water partition coefficient (Wildman–Crippen LogP) is 1.80. The van der Waals surface area contributed by atoms with Crippen LogP contribution in [0.15, 0.2) is 24.3 Å². The van der Waals surface area contributed by atoms with Crippen LogP contribution < -0.4 is 10.6 Å². The molecule has 0 bridgehead atoms. The molecule has 4 heteroatoms. The number of carbonyl (C=O) groups excluding carboxylic acids is 1. The summed E-state index contributed by atoms with van der Waals surface area (Å²) in [7, 11) is 1.86. The van der Waals surface area contributed by atoms with E-state index < -0.39 is 0 Å². The Labute approximate surface area is 109 Å². The van der Waals surface area contributed by atoms with Gasteiger partial charge in [0, 0.05) is 31.4 Å². The third-order valence-electron chi connectivity index (χ3n) is 3.04. The third-order valence-corrected chi connectivity index (χ3v) is 3.04. The van der Waals surface area contributed by atoms with Gasteiger partial charge in [0.1, 0.15) is 0 Å². The second-order valence-electron chi connectivity index (χ2n) is 4.11. The summed E-state index contributed by atoms with van der Waals surface area (Å²) < 4.78 is 0. The molecule has 0 heterocycles. The molecule has 0 unspecified atom stereocenters. The molecular formula is C14H23N3O. The molecule has 100 valence electrons. The zero-order valence-electron chi connectivity index (χ0n) is 11.5. The standard InChI is InChI=1S/C14H23N3O/c1-4-17(5-2)11-10-16-14(18)12-6-8-13(15-3)9-7-12/h6-9,15H,4-5,10-11H2,1-3H3,(H,16,18). The van der Waals surface area contributed by atoms with Crippen LogP contribution in [-0.2, 0) is 0 Å². The molecule has 1 aromatic rings. The zero-order chi connectivity index (χ0) is 13.4. The maximum Gasteiger partial charge on any atom is 0.251 e. The molecular weight excluding hydrogens is 226 g/mol. The lowest BCUT2D eigenvalue weighted by molar-refractivity contribution is 0.0949. The Bertz CT molecular complexity index is 358. The first-order valence-electron chi connectivity index (χ1n) is 6.49. The minimum atomic E-state index is -0.00944. The van der Waals surface area contributed by atoms with Crippen LogP contribution in [0, 0.1) is 0 Å². The Morgan fingerprint density at radius 3 is 2.28 bits per heavy atom. The topological polar surface area (TPSA) is 44.4 Å². The van der Waals surface area contributed by atoms with Crippen molar-refractivity contribution in [2.45, 2.75) is 13.8 Å². The number of rotatable bonds is 7. The first-order chi connectivity index (χ1) is 8.71. The minimum Gasteiger partial charge on any atom is -0.388 e. The molecule has 0 spiro atoms. The number of nitrogens with one attached hydrogen (secondary N) is 2. The van der Waals surface area contributed by atoms with E-state index >= 15 is 0 Å². The Morgan fingerprint density at radius 2 is 1.78 bits per heavy atom. The molecule has 18 heavy (non-hydrogen) atoms. The highest BCUT2D eigenvalue weighted by atomic mass is 16.1. The van der Waals surface area contributed by atoms with Gasteiger partial charge in [-0.1, -0.05) is 13.8 Å². The Kier molecular flexibility index (Phi) is 6.22. The molecule has 1 aromatic carbocycles. The van der Waals surface area contributed by atoms with Crippen LogP contribution in [0.2, 0.25) is 0 Å². The van der Waals surface area contributed by atoms with E-state index in [1.807, 2.05) is 31.3 Å². The lowest BCUT2D eigenvalue weighted by Crippen LogP contribution is -2.34. The summed E-state index contributed by atoms with van der Waals surface area (Å²) in [6, 6.07) is 7.47. The van der Waals surface area contributed by atoms with Gasteiger partial charge in [-0.2, -0.15) is 0 Å². The van der Waals surface area contributed by atoms with Gasteiger partial charge in [0.25, 0.3) is 5.91 Å². The van der Waals surface area contributed by atoms with Crippen molar-refractivity contribution in [3.63, 3.8) is 0 Å². The number of hydrogen-bond donors (Lipinski definition) is 2. The molecule has 1 amide bonds. The number of carbonyl (C=O) groups is 1. The molecule has 0 fully saturated rings. The fraction of sp³-hybridized carbons (Fsp3) is 0.500. The Morgan fingerprint density at radius 1 is 1.17 bits per heavy atom. The van der Waals surface area contributed by atoms with Gasteiger partial charge in [-0.3, -0.25) is 4.79 Å². The van der Waals surface area contributed by atoms with Crippen molar-refractivity contribution in [1.82, 2.24) is 10.2 Å². The SMILES string of the molecule is CCN(CC)CCNC(=O)c1ccc(NC)cc1. The van der Waals surface area contributed by atoms with Crippen LogP contribution in [0.25, 0.3) is 0 Å². The fourth-order valence-electron chi connectivity index (χ4n) is 1.76. The van der Waals surface area contributed by atoms with Gasteiger partial charge in [0.15, 0.2) is 0 Å². The minimum absolute atomic E-state index is 0.00944. The number of nitrogens with zero attached hydrogens (tertiary/aromatic N) is 1. The van der Waals surface area contributed by atoms with E-state index in [1.54, 1.807) is 0 Å². The highest BCUT2D eigenvalue weighted by Gasteiger charge is 2.05. The van der Waals surface area contributed by atoms with Crippen LogP contribution in [0.5, 0.6) is 0 Å². The summed E-state index contributed by atoms with van der Waals surface area (Å²) in [6.45, 7) is 7.87. The van der Waals surface area contributed by atoms with Crippen molar-refractivity contribution in [3.8, 4) is 0 Å². The average molecular weight is 249 g/mol. The maximum atomic E-state index is 11.9. The molecule has 0 saturated heterocycles. The largest absolute Gasteiger partial charge is 0.388 e. The highest BCUT2D eigenvalue weighted by Crippen LogP contribution is 2.08.